The summed E-state index contributed by atoms with van der Waals surface area (Å²) in [5, 5.41) is 4.50. The maximum absolute atomic E-state index is 12.9. The summed E-state index contributed by atoms with van der Waals surface area (Å²) in [5.41, 5.74) is 3.51. The molecule has 32 heavy (non-hydrogen) atoms. The molecule has 2 aromatic heterocycles. The molecule has 8 nitrogen and oxygen atoms in total. The van der Waals surface area contributed by atoms with Gasteiger partial charge in [-0.15, -0.1) is 0 Å². The predicted molar refractivity (Wildman–Crippen MR) is 122 cm³/mol. The number of H-pyrrole nitrogens is 1. The first-order valence-electron chi connectivity index (χ1n) is 11.3. The van der Waals surface area contributed by atoms with Gasteiger partial charge in [-0.2, -0.15) is 5.10 Å². The lowest BCUT2D eigenvalue weighted by Crippen LogP contribution is -2.13. The third-order valence-electron chi connectivity index (χ3n) is 5.86. The number of nitrogens with zero attached hydrogens (tertiary/aromatic N) is 3. The normalized spacial score (nSPS) is 17.5. The highest BCUT2D eigenvalue weighted by molar-refractivity contribution is 5.80. The number of hydrogen-bond acceptors (Lipinski definition) is 6. The van der Waals surface area contributed by atoms with Gasteiger partial charge >= 0.3 is 5.97 Å². The second kappa shape index (κ2) is 9.14. The molecular weight excluding hydrogens is 408 g/mol. The fourth-order valence-corrected chi connectivity index (χ4v) is 4.26. The van der Waals surface area contributed by atoms with E-state index in [9.17, 15) is 9.59 Å². The van der Waals surface area contributed by atoms with Crippen molar-refractivity contribution in [3.63, 3.8) is 0 Å². The molecule has 0 bridgehead atoms. The minimum Gasteiger partial charge on any atom is -0.493 e. The Hall–Kier alpha value is -3.16. The van der Waals surface area contributed by atoms with Crippen molar-refractivity contribution in [1.29, 1.82) is 0 Å². The Kier molecular flexibility index (Phi) is 6.30. The smallest absolute Gasteiger partial charge is 0.309 e. The zero-order valence-corrected chi connectivity index (χ0v) is 19.1. The number of benzene rings is 1. The summed E-state index contributed by atoms with van der Waals surface area (Å²) in [7, 11) is 1.76. The number of aryl methyl sites for hydroxylation is 2. The summed E-state index contributed by atoms with van der Waals surface area (Å²) >= 11 is 0. The molecule has 0 amide bonds. The van der Waals surface area contributed by atoms with Crippen LogP contribution in [0.3, 0.4) is 0 Å². The van der Waals surface area contributed by atoms with Crippen molar-refractivity contribution >= 4 is 17.0 Å². The second-order valence-electron chi connectivity index (χ2n) is 8.25. The van der Waals surface area contributed by atoms with Crippen LogP contribution < -0.4 is 10.3 Å². The zero-order chi connectivity index (χ0) is 22.8. The fraction of sp³-hybridized carbons (Fsp3) is 0.500. The van der Waals surface area contributed by atoms with E-state index in [-0.39, 0.29) is 23.4 Å². The van der Waals surface area contributed by atoms with Gasteiger partial charge < -0.3 is 14.5 Å². The summed E-state index contributed by atoms with van der Waals surface area (Å²) in [6.45, 7) is 6.73. The van der Waals surface area contributed by atoms with Crippen LogP contribution in [0, 0.1) is 11.8 Å². The Balaban J connectivity index is 1.71. The van der Waals surface area contributed by atoms with Gasteiger partial charge in [0.1, 0.15) is 17.1 Å². The quantitative estimate of drug-likeness (QED) is 0.514. The average Bonchev–Trinajstić information content (AvgIpc) is 3.46. The molecule has 8 heteroatoms. The molecule has 3 aromatic rings. The highest BCUT2D eigenvalue weighted by atomic mass is 16.5. The number of aromatic amines is 1. The van der Waals surface area contributed by atoms with Gasteiger partial charge in [0, 0.05) is 7.05 Å². The molecule has 1 fully saturated rings. The molecule has 2 unspecified atom stereocenters. The second-order valence-corrected chi connectivity index (χ2v) is 8.25. The Morgan fingerprint density at radius 3 is 2.78 bits per heavy atom. The maximum Gasteiger partial charge on any atom is 0.309 e. The standard InChI is InChI=1S/C24H30N4O4/c1-5-8-18-20-21(28(4)27-18)23(29)26-22(25-20)17-12-14(9-10-19(17)31-6-2)11-15-13-16(15)24(30)32-7-3/h9-10,12,15-16H,5-8,11,13H2,1-4H3,(H,25,26,29). The van der Waals surface area contributed by atoms with Gasteiger partial charge in [-0.3, -0.25) is 14.3 Å². The first kappa shape index (κ1) is 22.0. The number of fused-ring (bicyclic) bond motifs is 1. The Bertz CT molecular complexity index is 1200. The molecular formula is C24H30N4O4. The SMILES string of the molecule is CCCc1nn(C)c2c(=O)[nH]c(-c3cc(CC4CC4C(=O)OCC)ccc3OCC)nc12. The van der Waals surface area contributed by atoms with E-state index < -0.39 is 0 Å². The lowest BCUT2D eigenvalue weighted by Gasteiger charge is -2.12. The van der Waals surface area contributed by atoms with E-state index in [2.05, 4.69) is 17.0 Å². The van der Waals surface area contributed by atoms with Gasteiger partial charge in [0.15, 0.2) is 5.52 Å². The van der Waals surface area contributed by atoms with Gasteiger partial charge in [0.2, 0.25) is 0 Å². The van der Waals surface area contributed by atoms with Crippen LogP contribution in [0.15, 0.2) is 23.0 Å². The first-order valence-corrected chi connectivity index (χ1v) is 11.3. The molecule has 170 valence electrons. The van der Waals surface area contributed by atoms with Crippen LogP contribution in [-0.2, 0) is 29.4 Å². The van der Waals surface area contributed by atoms with Crippen LogP contribution in [0.25, 0.3) is 22.4 Å². The Morgan fingerprint density at radius 2 is 2.06 bits per heavy atom. The van der Waals surface area contributed by atoms with E-state index >= 15 is 0 Å². The minimum atomic E-state index is -0.222. The van der Waals surface area contributed by atoms with Crippen LogP contribution in [0.2, 0.25) is 0 Å². The van der Waals surface area contributed by atoms with Gasteiger partial charge in [0.25, 0.3) is 5.56 Å². The molecule has 4 rings (SSSR count). The number of ether oxygens (including phenoxy) is 2. The van der Waals surface area contributed by atoms with Gasteiger partial charge in [-0.1, -0.05) is 19.4 Å². The van der Waals surface area contributed by atoms with Crippen LogP contribution in [0.5, 0.6) is 5.75 Å². The molecule has 2 atom stereocenters. The summed E-state index contributed by atoms with van der Waals surface area (Å²) in [6, 6.07) is 5.93. The van der Waals surface area contributed by atoms with Crippen molar-refractivity contribution in [3.05, 3.63) is 39.8 Å². The Morgan fingerprint density at radius 1 is 1.25 bits per heavy atom. The highest BCUT2D eigenvalue weighted by Crippen LogP contribution is 2.43. The summed E-state index contributed by atoms with van der Waals surface area (Å²) in [5.74, 6) is 1.28. The van der Waals surface area contributed by atoms with E-state index in [1.54, 1.807) is 11.7 Å². The van der Waals surface area contributed by atoms with E-state index in [1.807, 2.05) is 32.0 Å². The first-order chi connectivity index (χ1) is 15.5. The van der Waals surface area contributed by atoms with Crippen molar-refractivity contribution < 1.29 is 14.3 Å². The van der Waals surface area contributed by atoms with Crippen molar-refractivity contribution in [2.24, 2.45) is 18.9 Å². The minimum absolute atomic E-state index is 0.0220. The van der Waals surface area contributed by atoms with Crippen LogP contribution in [0.4, 0.5) is 0 Å². The number of carbonyl (C=O) groups excluding carboxylic acids is 1. The van der Waals surface area contributed by atoms with Crippen molar-refractivity contribution in [1.82, 2.24) is 19.7 Å². The highest BCUT2D eigenvalue weighted by Gasteiger charge is 2.43. The molecule has 0 aliphatic heterocycles. The number of hydrogen-bond donors (Lipinski definition) is 1. The molecule has 1 saturated carbocycles. The molecule has 0 saturated heterocycles. The number of aromatic nitrogens is 4. The van der Waals surface area contributed by atoms with Crippen molar-refractivity contribution in [3.8, 4) is 17.1 Å². The van der Waals surface area contributed by atoms with Crippen LogP contribution >= 0.6 is 0 Å². The maximum atomic E-state index is 12.9. The van der Waals surface area contributed by atoms with E-state index in [0.717, 1.165) is 42.5 Å². The van der Waals surface area contributed by atoms with Gasteiger partial charge in [-0.05, 0) is 56.7 Å². The Labute approximate surface area is 187 Å². The molecule has 0 radical (unpaired) electrons. The van der Waals surface area contributed by atoms with Gasteiger partial charge in [-0.25, -0.2) is 4.98 Å². The van der Waals surface area contributed by atoms with E-state index in [0.29, 0.717) is 35.8 Å². The largest absolute Gasteiger partial charge is 0.493 e. The summed E-state index contributed by atoms with van der Waals surface area (Å²) < 4.78 is 12.6. The average molecular weight is 439 g/mol. The monoisotopic (exact) mass is 438 g/mol. The van der Waals surface area contributed by atoms with E-state index in [1.165, 1.54) is 0 Å². The number of nitrogens with one attached hydrogen (secondary N) is 1. The molecule has 2 heterocycles. The van der Waals surface area contributed by atoms with Crippen molar-refractivity contribution in [2.45, 2.75) is 46.5 Å². The number of carbonyl (C=O) groups is 1. The van der Waals surface area contributed by atoms with E-state index in [4.69, 9.17) is 14.5 Å². The van der Waals surface area contributed by atoms with Crippen LogP contribution in [-0.4, -0.2) is 38.9 Å². The van der Waals surface area contributed by atoms with Gasteiger partial charge in [0.05, 0.1) is 30.4 Å². The number of esters is 1. The molecule has 1 N–H and O–H groups in total. The molecule has 1 aliphatic rings. The van der Waals surface area contributed by atoms with Crippen LogP contribution in [0.1, 0.15) is 44.9 Å². The summed E-state index contributed by atoms with van der Waals surface area (Å²) in [4.78, 5) is 32.6. The molecule has 1 aromatic carbocycles. The van der Waals surface area contributed by atoms with Crippen molar-refractivity contribution in [2.75, 3.05) is 13.2 Å². The third-order valence-corrected chi connectivity index (χ3v) is 5.86. The predicted octanol–water partition coefficient (Wildman–Crippen LogP) is 3.42. The third kappa shape index (κ3) is 4.26. The molecule has 1 aliphatic carbocycles. The topological polar surface area (TPSA) is 99.1 Å². The molecule has 0 spiro atoms. The lowest BCUT2D eigenvalue weighted by atomic mass is 10.0. The summed E-state index contributed by atoms with van der Waals surface area (Å²) in [6.07, 6.45) is 3.28. The lowest BCUT2D eigenvalue weighted by molar-refractivity contribution is -0.145. The fourth-order valence-electron chi connectivity index (χ4n) is 4.26. The number of rotatable bonds is 9. The zero-order valence-electron chi connectivity index (χ0n) is 19.1.